The maximum absolute atomic E-state index is 5.62. The summed E-state index contributed by atoms with van der Waals surface area (Å²) in [6.45, 7) is 6.22. The van der Waals surface area contributed by atoms with Gasteiger partial charge in [-0.3, -0.25) is 4.90 Å². The van der Waals surface area contributed by atoms with Crippen LogP contribution in [0.3, 0.4) is 0 Å². The summed E-state index contributed by atoms with van der Waals surface area (Å²) in [5.74, 6) is 1.81. The Bertz CT molecular complexity index is 519. The Kier molecular flexibility index (Phi) is 3.38. The van der Waals surface area contributed by atoms with Crippen molar-refractivity contribution in [1.29, 1.82) is 0 Å². The predicted molar refractivity (Wildman–Crippen MR) is 71.7 cm³/mol. The van der Waals surface area contributed by atoms with E-state index in [-0.39, 0.29) is 0 Å². The van der Waals surface area contributed by atoms with Gasteiger partial charge in [-0.15, -0.1) is 10.2 Å². The third-order valence-corrected chi connectivity index (χ3v) is 4.03. The van der Waals surface area contributed by atoms with Gasteiger partial charge in [-0.25, -0.2) is 0 Å². The van der Waals surface area contributed by atoms with E-state index < -0.39 is 0 Å². The molecule has 2 aromatic rings. The number of nitrogens with zero attached hydrogens (tertiary/aromatic N) is 3. The van der Waals surface area contributed by atoms with E-state index in [1.54, 1.807) is 0 Å². The second kappa shape index (κ2) is 5.17. The van der Waals surface area contributed by atoms with Crippen molar-refractivity contribution in [1.82, 2.24) is 20.1 Å². The molecule has 3 heterocycles. The fourth-order valence-corrected chi connectivity index (χ4v) is 2.92. The van der Waals surface area contributed by atoms with Crippen molar-refractivity contribution in [3.05, 3.63) is 35.8 Å². The molecule has 0 spiro atoms. The Labute approximate surface area is 113 Å². The molecule has 1 N–H and O–H groups in total. The van der Waals surface area contributed by atoms with Crippen molar-refractivity contribution in [3.8, 4) is 0 Å². The Hall–Kier alpha value is -1.62. The van der Waals surface area contributed by atoms with Crippen molar-refractivity contribution >= 4 is 0 Å². The van der Waals surface area contributed by atoms with Gasteiger partial charge in [-0.2, -0.15) is 0 Å². The molecule has 2 atom stereocenters. The minimum Gasteiger partial charge on any atom is -0.425 e. The molecule has 19 heavy (non-hydrogen) atoms. The first-order valence-electron chi connectivity index (χ1n) is 6.90. The van der Waals surface area contributed by atoms with Crippen LogP contribution in [0.25, 0.3) is 0 Å². The van der Waals surface area contributed by atoms with Gasteiger partial charge in [0.15, 0.2) is 0 Å². The predicted octanol–water partition coefficient (Wildman–Crippen LogP) is 2.47. The normalized spacial score (nSPS) is 24.7. The largest absolute Gasteiger partial charge is 0.425 e. The van der Waals surface area contributed by atoms with E-state index >= 15 is 0 Å². The molecule has 1 aliphatic heterocycles. The van der Waals surface area contributed by atoms with Gasteiger partial charge in [0.05, 0.1) is 5.92 Å². The van der Waals surface area contributed by atoms with Gasteiger partial charge in [-0.05, 0) is 37.9 Å². The van der Waals surface area contributed by atoms with E-state index in [0.29, 0.717) is 17.9 Å². The fourth-order valence-electron chi connectivity index (χ4n) is 2.92. The second-order valence-electron chi connectivity index (χ2n) is 5.34. The molecule has 5 heteroatoms. The number of hydrogen-bond donors (Lipinski definition) is 1. The first-order chi connectivity index (χ1) is 9.24. The molecule has 0 bridgehead atoms. The van der Waals surface area contributed by atoms with Gasteiger partial charge in [-0.1, -0.05) is 0 Å². The smallest absolute Gasteiger partial charge is 0.221 e. The number of nitrogens with one attached hydrogen (secondary N) is 1. The summed E-state index contributed by atoms with van der Waals surface area (Å²) in [4.78, 5) is 5.61. The summed E-state index contributed by atoms with van der Waals surface area (Å²) in [6.07, 6.45) is 6.35. The zero-order valence-corrected chi connectivity index (χ0v) is 11.5. The van der Waals surface area contributed by atoms with Gasteiger partial charge in [0.25, 0.3) is 0 Å². The molecular weight excluding hydrogens is 240 g/mol. The van der Waals surface area contributed by atoms with Crippen LogP contribution >= 0.6 is 0 Å². The Balaban J connectivity index is 1.73. The van der Waals surface area contributed by atoms with Crippen LogP contribution in [0.4, 0.5) is 0 Å². The molecule has 102 valence electrons. The van der Waals surface area contributed by atoms with E-state index in [1.807, 2.05) is 13.1 Å². The van der Waals surface area contributed by atoms with Gasteiger partial charge in [0, 0.05) is 31.9 Å². The number of aromatic nitrogens is 3. The average Bonchev–Trinajstić information content (AvgIpc) is 3.03. The van der Waals surface area contributed by atoms with Crippen LogP contribution < -0.4 is 0 Å². The van der Waals surface area contributed by atoms with Gasteiger partial charge < -0.3 is 9.40 Å². The lowest BCUT2D eigenvalue weighted by molar-refractivity contribution is 0.119. The lowest BCUT2D eigenvalue weighted by Gasteiger charge is -2.37. The number of hydrogen-bond acceptors (Lipinski definition) is 4. The van der Waals surface area contributed by atoms with E-state index in [0.717, 1.165) is 25.4 Å². The molecule has 0 unspecified atom stereocenters. The highest BCUT2D eigenvalue weighted by Crippen LogP contribution is 2.32. The van der Waals surface area contributed by atoms with Crippen molar-refractivity contribution in [3.63, 3.8) is 0 Å². The lowest BCUT2D eigenvalue weighted by atomic mass is 9.90. The molecule has 1 fully saturated rings. The molecule has 0 aliphatic carbocycles. The topological polar surface area (TPSA) is 58.0 Å². The van der Waals surface area contributed by atoms with Crippen LogP contribution in [0.5, 0.6) is 0 Å². The van der Waals surface area contributed by atoms with E-state index in [2.05, 4.69) is 39.3 Å². The second-order valence-corrected chi connectivity index (χ2v) is 5.34. The average molecular weight is 260 g/mol. The monoisotopic (exact) mass is 260 g/mol. The minimum absolute atomic E-state index is 0.355. The van der Waals surface area contributed by atoms with E-state index in [4.69, 9.17) is 4.42 Å². The van der Waals surface area contributed by atoms with Gasteiger partial charge in [0.1, 0.15) is 0 Å². The maximum Gasteiger partial charge on any atom is 0.221 e. The quantitative estimate of drug-likeness (QED) is 0.921. The molecule has 1 saturated heterocycles. The number of piperidine rings is 1. The third kappa shape index (κ3) is 2.56. The van der Waals surface area contributed by atoms with Crippen LogP contribution in [0, 0.1) is 6.92 Å². The highest BCUT2D eigenvalue weighted by atomic mass is 16.4. The van der Waals surface area contributed by atoms with Crippen LogP contribution in [0.2, 0.25) is 0 Å². The summed E-state index contributed by atoms with van der Waals surface area (Å²) >= 11 is 0. The zero-order chi connectivity index (χ0) is 13.2. The minimum atomic E-state index is 0.355. The highest BCUT2D eigenvalue weighted by molar-refractivity contribution is 5.09. The van der Waals surface area contributed by atoms with Crippen LogP contribution in [0.15, 0.2) is 22.9 Å². The maximum atomic E-state index is 5.62. The molecule has 1 aliphatic rings. The molecule has 0 amide bonds. The van der Waals surface area contributed by atoms with E-state index in [1.165, 1.54) is 12.0 Å². The first kappa shape index (κ1) is 12.4. The summed E-state index contributed by atoms with van der Waals surface area (Å²) in [5.41, 5.74) is 1.33. The Morgan fingerprint density at radius 1 is 1.47 bits per heavy atom. The van der Waals surface area contributed by atoms with Gasteiger partial charge in [0.2, 0.25) is 11.8 Å². The van der Waals surface area contributed by atoms with Crippen molar-refractivity contribution in [2.45, 2.75) is 45.2 Å². The zero-order valence-electron chi connectivity index (χ0n) is 11.5. The van der Waals surface area contributed by atoms with Crippen molar-refractivity contribution < 1.29 is 4.42 Å². The number of aryl methyl sites for hydroxylation is 1. The summed E-state index contributed by atoms with van der Waals surface area (Å²) in [5, 5.41) is 8.16. The number of H-pyrrole nitrogens is 1. The summed E-state index contributed by atoms with van der Waals surface area (Å²) in [7, 11) is 0. The lowest BCUT2D eigenvalue weighted by Crippen LogP contribution is -2.41. The first-order valence-corrected chi connectivity index (χ1v) is 6.90. The summed E-state index contributed by atoms with van der Waals surface area (Å²) < 4.78 is 5.62. The van der Waals surface area contributed by atoms with Crippen LogP contribution in [0.1, 0.15) is 43.0 Å². The third-order valence-electron chi connectivity index (χ3n) is 4.03. The number of aromatic amines is 1. The molecule has 3 rings (SSSR count). The standard InChI is InChI=1S/C14H20N4O/c1-10-13(14-17-16-11(2)19-14)4-3-7-18(10)9-12-5-6-15-8-12/h5-6,8,10,13,15H,3-4,7,9H2,1-2H3/t10-,13-/m0/s1. The van der Waals surface area contributed by atoms with Gasteiger partial charge >= 0.3 is 0 Å². The SMILES string of the molecule is Cc1nnc([C@H]2CCCN(Cc3cc[nH]c3)[C@H]2C)o1. The van der Waals surface area contributed by atoms with Crippen LogP contribution in [-0.4, -0.2) is 32.7 Å². The Morgan fingerprint density at radius 3 is 3.05 bits per heavy atom. The Morgan fingerprint density at radius 2 is 2.37 bits per heavy atom. The number of rotatable bonds is 3. The molecule has 5 nitrogen and oxygen atoms in total. The highest BCUT2D eigenvalue weighted by Gasteiger charge is 2.32. The fraction of sp³-hybridized carbons (Fsp3) is 0.571. The van der Waals surface area contributed by atoms with Crippen molar-refractivity contribution in [2.75, 3.05) is 6.54 Å². The van der Waals surface area contributed by atoms with Crippen LogP contribution in [-0.2, 0) is 6.54 Å². The van der Waals surface area contributed by atoms with Crippen molar-refractivity contribution in [2.24, 2.45) is 0 Å². The number of likely N-dealkylation sites (tertiary alicyclic amines) is 1. The van der Waals surface area contributed by atoms with E-state index in [9.17, 15) is 0 Å². The molecule has 0 aromatic carbocycles. The molecule has 0 saturated carbocycles. The summed E-state index contributed by atoms with van der Waals surface area (Å²) in [6, 6.07) is 2.57. The molecule has 0 radical (unpaired) electrons. The molecule has 2 aromatic heterocycles. The molecular formula is C14H20N4O.